The molecule has 28 heavy (non-hydrogen) atoms. The van der Waals surface area contributed by atoms with E-state index in [-0.39, 0.29) is 5.91 Å². The molecule has 0 bridgehead atoms. The van der Waals surface area contributed by atoms with Crippen molar-refractivity contribution in [3.05, 3.63) is 88.8 Å². The Morgan fingerprint density at radius 2 is 1.71 bits per heavy atom. The van der Waals surface area contributed by atoms with Crippen LogP contribution in [0.2, 0.25) is 5.02 Å². The second-order valence-corrected chi connectivity index (χ2v) is 6.97. The Kier molecular flexibility index (Phi) is 5.14. The zero-order valence-electron chi connectivity index (χ0n) is 14.7. The number of carbonyl (C=O) groups is 1. The molecule has 1 fully saturated rings. The van der Waals surface area contributed by atoms with Gasteiger partial charge in [-0.1, -0.05) is 60.1 Å². The van der Waals surface area contributed by atoms with E-state index in [1.54, 1.807) is 24.5 Å². The van der Waals surface area contributed by atoms with Gasteiger partial charge in [0.2, 0.25) is 0 Å². The second-order valence-electron chi connectivity index (χ2n) is 6.18. The van der Waals surface area contributed by atoms with E-state index in [4.69, 9.17) is 23.8 Å². The van der Waals surface area contributed by atoms with Crippen molar-refractivity contribution in [1.29, 1.82) is 0 Å². The molecule has 5 nitrogen and oxygen atoms in total. The Hall–Kier alpha value is -3.09. The molecular weight excluding hydrogens is 392 g/mol. The predicted molar refractivity (Wildman–Crippen MR) is 113 cm³/mol. The number of rotatable bonds is 4. The SMILES string of the molecule is O=C1/C(=C/c2cnc(-c3ccccc3)nc2)NC(=S)N1Cc1ccccc1Cl. The molecule has 7 heteroatoms. The summed E-state index contributed by atoms with van der Waals surface area (Å²) in [4.78, 5) is 23.0. The number of benzene rings is 2. The summed E-state index contributed by atoms with van der Waals surface area (Å²) in [5.41, 5.74) is 2.85. The van der Waals surface area contributed by atoms with Gasteiger partial charge in [0.1, 0.15) is 5.70 Å². The number of carbonyl (C=O) groups excluding carboxylic acids is 1. The number of nitrogens with zero attached hydrogens (tertiary/aromatic N) is 3. The Labute approximate surface area is 172 Å². The third-order valence-corrected chi connectivity index (χ3v) is 4.95. The number of hydrogen-bond donors (Lipinski definition) is 1. The van der Waals surface area contributed by atoms with Gasteiger partial charge in [0.05, 0.1) is 6.54 Å². The zero-order valence-corrected chi connectivity index (χ0v) is 16.2. The van der Waals surface area contributed by atoms with Crippen molar-refractivity contribution in [1.82, 2.24) is 20.2 Å². The first kappa shape index (κ1) is 18.3. The van der Waals surface area contributed by atoms with E-state index < -0.39 is 0 Å². The van der Waals surface area contributed by atoms with Crippen molar-refractivity contribution in [2.24, 2.45) is 0 Å². The maximum Gasteiger partial charge on any atom is 0.276 e. The maximum atomic E-state index is 12.7. The van der Waals surface area contributed by atoms with Crippen molar-refractivity contribution >= 4 is 40.9 Å². The molecule has 1 saturated heterocycles. The largest absolute Gasteiger partial charge is 0.328 e. The van der Waals surface area contributed by atoms with Crippen LogP contribution in [0, 0.1) is 0 Å². The first-order valence-electron chi connectivity index (χ1n) is 8.57. The quantitative estimate of drug-likeness (QED) is 0.523. The third-order valence-electron chi connectivity index (χ3n) is 4.26. The number of aromatic nitrogens is 2. The molecule has 4 rings (SSSR count). The first-order valence-corrected chi connectivity index (χ1v) is 9.36. The van der Waals surface area contributed by atoms with Crippen molar-refractivity contribution in [3.63, 3.8) is 0 Å². The summed E-state index contributed by atoms with van der Waals surface area (Å²) in [7, 11) is 0. The summed E-state index contributed by atoms with van der Waals surface area (Å²) in [5.74, 6) is 0.418. The molecule has 0 spiro atoms. The molecule has 3 aromatic rings. The van der Waals surface area contributed by atoms with Crippen LogP contribution < -0.4 is 5.32 Å². The summed E-state index contributed by atoms with van der Waals surface area (Å²) in [6.45, 7) is 0.311. The monoisotopic (exact) mass is 406 g/mol. The van der Waals surface area contributed by atoms with Crippen LogP contribution in [0.25, 0.3) is 17.5 Å². The van der Waals surface area contributed by atoms with Gasteiger partial charge >= 0.3 is 0 Å². The molecule has 1 N–H and O–H groups in total. The highest BCUT2D eigenvalue weighted by atomic mass is 35.5. The van der Waals surface area contributed by atoms with Crippen molar-refractivity contribution in [3.8, 4) is 11.4 Å². The number of amides is 1. The van der Waals surface area contributed by atoms with Gasteiger partial charge in [-0.05, 0) is 29.9 Å². The van der Waals surface area contributed by atoms with E-state index in [0.29, 0.717) is 33.8 Å². The van der Waals surface area contributed by atoms with E-state index in [9.17, 15) is 4.79 Å². The summed E-state index contributed by atoms with van der Waals surface area (Å²) < 4.78 is 0. The minimum Gasteiger partial charge on any atom is -0.328 e. The molecule has 1 amide bonds. The second kappa shape index (κ2) is 7.88. The highest BCUT2D eigenvalue weighted by Gasteiger charge is 2.31. The molecule has 0 aliphatic carbocycles. The molecule has 1 aromatic heterocycles. The van der Waals surface area contributed by atoms with E-state index in [1.807, 2.05) is 48.5 Å². The molecule has 1 aliphatic heterocycles. The normalized spacial score (nSPS) is 15.2. The lowest BCUT2D eigenvalue weighted by Crippen LogP contribution is -2.30. The van der Waals surface area contributed by atoms with Gasteiger partial charge in [-0.15, -0.1) is 0 Å². The van der Waals surface area contributed by atoms with Crippen LogP contribution >= 0.6 is 23.8 Å². The molecular formula is C21H15ClN4OS. The molecule has 2 heterocycles. The number of hydrogen-bond acceptors (Lipinski definition) is 4. The lowest BCUT2D eigenvalue weighted by Gasteiger charge is -2.14. The van der Waals surface area contributed by atoms with E-state index in [0.717, 1.165) is 11.1 Å². The van der Waals surface area contributed by atoms with Crippen LogP contribution in [0.15, 0.2) is 72.7 Å². The molecule has 0 saturated carbocycles. The van der Waals surface area contributed by atoms with Crippen LogP contribution in [0.3, 0.4) is 0 Å². The molecule has 0 atom stereocenters. The fourth-order valence-electron chi connectivity index (χ4n) is 2.83. The van der Waals surface area contributed by atoms with Crippen LogP contribution in [0.1, 0.15) is 11.1 Å². The Balaban J connectivity index is 1.53. The molecule has 1 aliphatic rings. The first-order chi connectivity index (χ1) is 13.6. The van der Waals surface area contributed by atoms with Gasteiger partial charge in [-0.2, -0.15) is 0 Å². The van der Waals surface area contributed by atoms with Crippen LogP contribution in [0.5, 0.6) is 0 Å². The average molecular weight is 407 g/mol. The topological polar surface area (TPSA) is 58.1 Å². The van der Waals surface area contributed by atoms with Gasteiger partial charge in [-0.25, -0.2) is 9.97 Å². The van der Waals surface area contributed by atoms with Crippen LogP contribution in [-0.4, -0.2) is 25.9 Å². The lowest BCUT2D eigenvalue weighted by molar-refractivity contribution is -0.122. The Morgan fingerprint density at radius 3 is 2.43 bits per heavy atom. The summed E-state index contributed by atoms with van der Waals surface area (Å²) in [5, 5.41) is 3.90. The fourth-order valence-corrected chi connectivity index (χ4v) is 3.28. The molecule has 0 unspecified atom stereocenters. The van der Waals surface area contributed by atoms with Crippen molar-refractivity contribution in [2.45, 2.75) is 6.54 Å². The number of halogens is 1. The molecule has 138 valence electrons. The standard InChI is InChI=1S/C21H15ClN4OS/c22-17-9-5-4-8-16(17)13-26-20(27)18(25-21(26)28)10-14-11-23-19(24-12-14)15-6-2-1-3-7-15/h1-12H,13H2,(H,25,28)/b18-10-. The Bertz CT molecular complexity index is 1070. The molecule has 0 radical (unpaired) electrons. The minimum atomic E-state index is -0.211. The van der Waals surface area contributed by atoms with Crippen molar-refractivity contribution in [2.75, 3.05) is 0 Å². The van der Waals surface area contributed by atoms with E-state index in [2.05, 4.69) is 15.3 Å². The highest BCUT2D eigenvalue weighted by molar-refractivity contribution is 7.80. The van der Waals surface area contributed by atoms with Crippen LogP contribution in [-0.2, 0) is 11.3 Å². The van der Waals surface area contributed by atoms with E-state index in [1.165, 1.54) is 4.90 Å². The maximum absolute atomic E-state index is 12.7. The van der Waals surface area contributed by atoms with Crippen molar-refractivity contribution < 1.29 is 4.79 Å². The number of thiocarbonyl (C=S) groups is 1. The van der Waals surface area contributed by atoms with Gasteiger partial charge in [-0.3, -0.25) is 9.69 Å². The molecule has 2 aromatic carbocycles. The smallest absolute Gasteiger partial charge is 0.276 e. The number of nitrogens with one attached hydrogen (secondary N) is 1. The predicted octanol–water partition coefficient (Wildman–Crippen LogP) is 4.05. The lowest BCUT2D eigenvalue weighted by atomic mass is 10.2. The summed E-state index contributed by atoms with van der Waals surface area (Å²) >= 11 is 11.5. The van der Waals surface area contributed by atoms with Gasteiger partial charge in [0, 0.05) is 28.5 Å². The Morgan fingerprint density at radius 1 is 1.04 bits per heavy atom. The van der Waals surface area contributed by atoms with Gasteiger partial charge in [0.25, 0.3) is 5.91 Å². The average Bonchev–Trinajstić information content (AvgIpc) is 2.98. The van der Waals surface area contributed by atoms with E-state index >= 15 is 0 Å². The summed E-state index contributed by atoms with van der Waals surface area (Å²) in [6, 6.07) is 17.1. The fraction of sp³-hybridized carbons (Fsp3) is 0.0476. The van der Waals surface area contributed by atoms with Gasteiger partial charge in [0.15, 0.2) is 10.9 Å². The highest BCUT2D eigenvalue weighted by Crippen LogP contribution is 2.21. The zero-order chi connectivity index (χ0) is 19.5. The summed E-state index contributed by atoms with van der Waals surface area (Å²) in [6.07, 6.45) is 5.05. The minimum absolute atomic E-state index is 0.211. The third kappa shape index (κ3) is 3.78. The van der Waals surface area contributed by atoms with Gasteiger partial charge < -0.3 is 5.32 Å². The van der Waals surface area contributed by atoms with Crippen LogP contribution in [0.4, 0.5) is 0 Å².